The highest BCUT2D eigenvalue weighted by Gasteiger charge is 2.36. The number of pyridine rings is 1. The van der Waals surface area contributed by atoms with Crippen molar-refractivity contribution in [3.63, 3.8) is 0 Å². The maximum atomic E-state index is 6.27. The van der Waals surface area contributed by atoms with Crippen LogP contribution in [0, 0.1) is 11.8 Å². The second kappa shape index (κ2) is 8.50. The van der Waals surface area contributed by atoms with Crippen LogP contribution in [0.4, 0.5) is 0 Å². The first-order valence-corrected chi connectivity index (χ1v) is 8.28. The first-order valence-electron chi connectivity index (χ1n) is 8.28. The highest BCUT2D eigenvalue weighted by molar-refractivity contribution is 5.05. The van der Waals surface area contributed by atoms with Crippen molar-refractivity contribution in [2.75, 3.05) is 13.1 Å². The van der Waals surface area contributed by atoms with Gasteiger partial charge in [-0.05, 0) is 43.4 Å². The average molecular weight is 291 g/mol. The van der Waals surface area contributed by atoms with Gasteiger partial charge in [0.15, 0.2) is 0 Å². The van der Waals surface area contributed by atoms with Crippen molar-refractivity contribution in [3.05, 3.63) is 30.1 Å². The third-order valence-electron chi connectivity index (χ3n) is 4.09. The number of aromatic nitrogens is 1. The molecule has 0 unspecified atom stereocenters. The Labute approximate surface area is 130 Å². The monoisotopic (exact) mass is 291 g/mol. The largest absolute Gasteiger partial charge is 0.329 e. The first-order chi connectivity index (χ1) is 9.93. The number of hydrogen-bond donors (Lipinski definition) is 1. The maximum Gasteiger partial charge on any atom is 0.0544 e. The van der Waals surface area contributed by atoms with Crippen molar-refractivity contribution in [3.8, 4) is 0 Å². The Morgan fingerprint density at radius 1 is 1.14 bits per heavy atom. The van der Waals surface area contributed by atoms with Gasteiger partial charge in [-0.2, -0.15) is 0 Å². The molecule has 0 saturated carbocycles. The van der Waals surface area contributed by atoms with Crippen LogP contribution < -0.4 is 5.73 Å². The van der Waals surface area contributed by atoms with E-state index < -0.39 is 0 Å². The van der Waals surface area contributed by atoms with Crippen LogP contribution >= 0.6 is 0 Å². The Bertz CT molecular complexity index is 377. The zero-order chi connectivity index (χ0) is 15.9. The second-order valence-corrected chi connectivity index (χ2v) is 6.96. The summed E-state index contributed by atoms with van der Waals surface area (Å²) in [5.74, 6) is 1.29. The van der Waals surface area contributed by atoms with Gasteiger partial charge in [-0.15, -0.1) is 0 Å². The Kier molecular flexibility index (Phi) is 7.33. The lowest BCUT2D eigenvalue weighted by Crippen LogP contribution is -2.55. The van der Waals surface area contributed by atoms with Crippen molar-refractivity contribution >= 4 is 0 Å². The molecule has 0 aliphatic rings. The minimum atomic E-state index is 0.0780. The first kappa shape index (κ1) is 18.1. The lowest BCUT2D eigenvalue weighted by atomic mass is 9.80. The van der Waals surface area contributed by atoms with E-state index in [-0.39, 0.29) is 5.54 Å². The molecule has 1 aromatic heterocycles. The van der Waals surface area contributed by atoms with Crippen molar-refractivity contribution in [1.29, 1.82) is 0 Å². The molecule has 0 saturated heterocycles. The molecule has 120 valence electrons. The lowest BCUT2D eigenvalue weighted by Gasteiger charge is -2.45. The fourth-order valence-corrected chi connectivity index (χ4v) is 3.46. The second-order valence-electron chi connectivity index (χ2n) is 6.96. The Balaban J connectivity index is 3.00. The van der Waals surface area contributed by atoms with Crippen LogP contribution in [-0.2, 0) is 6.54 Å². The lowest BCUT2D eigenvalue weighted by molar-refractivity contribution is 0.0496. The molecule has 0 amide bonds. The molecule has 2 N–H and O–H groups in total. The highest BCUT2D eigenvalue weighted by atomic mass is 15.2. The van der Waals surface area contributed by atoms with Crippen LogP contribution in [0.2, 0.25) is 0 Å². The SMILES string of the molecule is CCN(Cc1ccccn1)C(CN)(CC(C)C)CC(C)C. The van der Waals surface area contributed by atoms with Crippen molar-refractivity contribution in [2.45, 2.75) is 59.5 Å². The summed E-state index contributed by atoms with van der Waals surface area (Å²) in [6.07, 6.45) is 4.16. The van der Waals surface area contributed by atoms with Gasteiger partial charge >= 0.3 is 0 Å². The molecule has 3 nitrogen and oxygen atoms in total. The molecule has 0 aromatic carbocycles. The van der Waals surface area contributed by atoms with E-state index in [1.54, 1.807) is 0 Å². The standard InChI is InChI=1S/C18H33N3/c1-6-21(13-17-9-7-8-10-20-17)18(14-19,11-15(2)3)12-16(4)5/h7-10,15-16H,6,11-14,19H2,1-5H3. The van der Waals surface area contributed by atoms with Crippen LogP contribution in [-0.4, -0.2) is 28.5 Å². The maximum absolute atomic E-state index is 6.27. The van der Waals surface area contributed by atoms with E-state index in [0.29, 0.717) is 18.4 Å². The molecule has 0 spiro atoms. The van der Waals surface area contributed by atoms with Gasteiger partial charge in [0.25, 0.3) is 0 Å². The van der Waals surface area contributed by atoms with Gasteiger partial charge in [0, 0.05) is 24.8 Å². The summed E-state index contributed by atoms with van der Waals surface area (Å²) in [4.78, 5) is 7.03. The number of rotatable bonds is 9. The topological polar surface area (TPSA) is 42.2 Å². The van der Waals surface area contributed by atoms with E-state index >= 15 is 0 Å². The van der Waals surface area contributed by atoms with Crippen LogP contribution in [0.25, 0.3) is 0 Å². The Morgan fingerprint density at radius 3 is 2.14 bits per heavy atom. The van der Waals surface area contributed by atoms with Gasteiger partial charge in [0.2, 0.25) is 0 Å². The molecule has 21 heavy (non-hydrogen) atoms. The number of nitrogens with zero attached hydrogens (tertiary/aromatic N) is 2. The summed E-state index contributed by atoms with van der Waals surface area (Å²) in [7, 11) is 0. The van der Waals surface area contributed by atoms with Crippen LogP contribution in [0.15, 0.2) is 24.4 Å². The van der Waals surface area contributed by atoms with Gasteiger partial charge in [-0.1, -0.05) is 40.7 Å². The van der Waals surface area contributed by atoms with Gasteiger partial charge in [0.05, 0.1) is 5.69 Å². The average Bonchev–Trinajstić information content (AvgIpc) is 2.44. The summed E-state index contributed by atoms with van der Waals surface area (Å²) in [6, 6.07) is 6.14. The van der Waals surface area contributed by atoms with Gasteiger partial charge in [-0.3, -0.25) is 9.88 Å². The van der Waals surface area contributed by atoms with Gasteiger partial charge < -0.3 is 5.73 Å². The number of nitrogens with two attached hydrogens (primary N) is 1. The fraction of sp³-hybridized carbons (Fsp3) is 0.722. The van der Waals surface area contributed by atoms with E-state index in [2.05, 4.69) is 56.6 Å². The van der Waals surface area contributed by atoms with Crippen molar-refractivity contribution in [1.82, 2.24) is 9.88 Å². The highest BCUT2D eigenvalue weighted by Crippen LogP contribution is 2.31. The quantitative estimate of drug-likeness (QED) is 0.754. The predicted octanol–water partition coefficient (Wildman–Crippen LogP) is 3.69. The summed E-state index contributed by atoms with van der Waals surface area (Å²) in [6.45, 7) is 14.0. The predicted molar refractivity (Wildman–Crippen MR) is 91.0 cm³/mol. The van der Waals surface area contributed by atoms with Gasteiger partial charge in [-0.25, -0.2) is 0 Å². The van der Waals surface area contributed by atoms with Crippen LogP contribution in [0.3, 0.4) is 0 Å². The minimum absolute atomic E-state index is 0.0780. The molecular weight excluding hydrogens is 258 g/mol. The summed E-state index contributed by atoms with van der Waals surface area (Å²) >= 11 is 0. The molecule has 0 radical (unpaired) electrons. The molecule has 0 atom stereocenters. The summed E-state index contributed by atoms with van der Waals surface area (Å²) < 4.78 is 0. The number of hydrogen-bond acceptors (Lipinski definition) is 3. The van der Waals surface area contributed by atoms with E-state index in [4.69, 9.17) is 5.73 Å². The molecule has 1 aromatic rings. The normalized spacial score (nSPS) is 12.6. The third kappa shape index (κ3) is 5.40. The zero-order valence-corrected chi connectivity index (χ0v) is 14.5. The van der Waals surface area contributed by atoms with Crippen molar-refractivity contribution in [2.24, 2.45) is 17.6 Å². The fourth-order valence-electron chi connectivity index (χ4n) is 3.46. The molecule has 3 heteroatoms. The zero-order valence-electron chi connectivity index (χ0n) is 14.5. The van der Waals surface area contributed by atoms with Crippen LogP contribution in [0.1, 0.15) is 53.2 Å². The van der Waals surface area contributed by atoms with Crippen molar-refractivity contribution < 1.29 is 0 Å². The summed E-state index contributed by atoms with van der Waals surface area (Å²) in [5.41, 5.74) is 7.48. The van der Waals surface area contributed by atoms with Crippen LogP contribution in [0.5, 0.6) is 0 Å². The van der Waals surface area contributed by atoms with E-state index in [9.17, 15) is 0 Å². The molecule has 1 heterocycles. The molecule has 0 aliphatic carbocycles. The van der Waals surface area contributed by atoms with Gasteiger partial charge in [0.1, 0.15) is 0 Å². The molecule has 0 fully saturated rings. The smallest absolute Gasteiger partial charge is 0.0544 e. The Morgan fingerprint density at radius 2 is 1.76 bits per heavy atom. The molecular formula is C18H33N3. The molecule has 1 rings (SSSR count). The number of likely N-dealkylation sites (N-methyl/N-ethyl adjacent to an activating group) is 1. The van der Waals surface area contributed by atoms with E-state index in [0.717, 1.165) is 31.6 Å². The molecule has 0 aliphatic heterocycles. The van der Waals surface area contributed by atoms with E-state index in [1.807, 2.05) is 12.3 Å². The molecule has 0 bridgehead atoms. The van der Waals surface area contributed by atoms with E-state index in [1.165, 1.54) is 0 Å². The minimum Gasteiger partial charge on any atom is -0.329 e. The Hall–Kier alpha value is -0.930. The summed E-state index contributed by atoms with van der Waals surface area (Å²) in [5, 5.41) is 0. The third-order valence-corrected chi connectivity index (χ3v) is 4.09.